The first-order valence-corrected chi connectivity index (χ1v) is 5.68. The van der Waals surface area contributed by atoms with Gasteiger partial charge >= 0.3 is 5.97 Å². The highest BCUT2D eigenvalue weighted by Gasteiger charge is 2.15. The van der Waals surface area contributed by atoms with Gasteiger partial charge in [-0.25, -0.2) is 4.79 Å². The van der Waals surface area contributed by atoms with Crippen molar-refractivity contribution in [3.63, 3.8) is 0 Å². The van der Waals surface area contributed by atoms with E-state index in [0.29, 0.717) is 6.42 Å². The lowest BCUT2D eigenvalue weighted by molar-refractivity contribution is -0.177. The summed E-state index contributed by atoms with van der Waals surface area (Å²) in [5.41, 5.74) is 0. The molecule has 3 unspecified atom stereocenters. The van der Waals surface area contributed by atoms with Crippen LogP contribution in [0, 0.1) is 0 Å². The van der Waals surface area contributed by atoms with Crippen LogP contribution in [0.25, 0.3) is 0 Å². The van der Waals surface area contributed by atoms with Crippen molar-refractivity contribution in [2.75, 3.05) is 0 Å². The third kappa shape index (κ3) is 8.64. The minimum absolute atomic E-state index is 0.294. The summed E-state index contributed by atoms with van der Waals surface area (Å²) in [6.07, 6.45) is 0.933. The number of carbonyl (C=O) groups excluding carboxylic acids is 1. The van der Waals surface area contributed by atoms with Gasteiger partial charge in [0.2, 0.25) is 6.29 Å². The summed E-state index contributed by atoms with van der Waals surface area (Å²) in [5, 5.41) is 27.1. The van der Waals surface area contributed by atoms with Crippen molar-refractivity contribution in [1.82, 2.24) is 0 Å². The largest absolute Gasteiger partial charge is 0.434 e. The number of aliphatic hydroxyl groups is 3. The third-order valence-electron chi connectivity index (χ3n) is 2.17. The Morgan fingerprint density at radius 2 is 1.62 bits per heavy atom. The fourth-order valence-corrected chi connectivity index (χ4v) is 1.23. The number of carbonyl (C=O) groups is 1. The molecule has 3 atom stereocenters. The topological polar surface area (TPSA) is 87.0 Å². The number of unbranched alkanes of at least 4 members (excludes halogenated alkanes) is 2. The van der Waals surface area contributed by atoms with Crippen molar-refractivity contribution < 1.29 is 24.9 Å². The fraction of sp³-hybridized carbons (Fsp3) is 0.909. The molecule has 0 rings (SSSR count). The van der Waals surface area contributed by atoms with Crippen molar-refractivity contribution in [2.24, 2.45) is 0 Å². The average molecular weight is 234 g/mol. The molecular weight excluding hydrogens is 212 g/mol. The van der Waals surface area contributed by atoms with Gasteiger partial charge in [-0.1, -0.05) is 12.8 Å². The molecule has 0 bridgehead atoms. The van der Waals surface area contributed by atoms with Gasteiger partial charge in [-0.15, -0.1) is 0 Å². The Hall–Kier alpha value is -0.650. The summed E-state index contributed by atoms with van der Waals surface area (Å²) < 4.78 is 4.56. The highest BCUT2D eigenvalue weighted by Crippen LogP contribution is 2.08. The van der Waals surface area contributed by atoms with E-state index >= 15 is 0 Å². The summed E-state index contributed by atoms with van der Waals surface area (Å²) in [5.74, 6) is -0.809. The smallest absolute Gasteiger partial charge is 0.336 e. The van der Waals surface area contributed by atoms with Crippen LogP contribution in [0.4, 0.5) is 0 Å². The standard InChI is InChI=1S/C11H22O5/c1-8(12)6-4-3-5-7-10(14)16-11(15)9(2)13/h8-10,12-14H,3-7H2,1-2H3. The first-order valence-electron chi connectivity index (χ1n) is 5.68. The first kappa shape index (κ1) is 15.3. The number of esters is 1. The second-order valence-corrected chi connectivity index (χ2v) is 4.05. The summed E-state index contributed by atoms with van der Waals surface area (Å²) in [4.78, 5) is 10.9. The van der Waals surface area contributed by atoms with Gasteiger partial charge in [-0.05, 0) is 26.7 Å². The molecule has 3 N–H and O–H groups in total. The van der Waals surface area contributed by atoms with E-state index in [2.05, 4.69) is 4.74 Å². The maximum absolute atomic E-state index is 10.9. The Labute approximate surface area is 96.0 Å². The average Bonchev–Trinajstić information content (AvgIpc) is 2.16. The van der Waals surface area contributed by atoms with Gasteiger partial charge in [0.15, 0.2) is 0 Å². The molecule has 0 aromatic heterocycles. The van der Waals surface area contributed by atoms with Crippen molar-refractivity contribution >= 4 is 5.97 Å². The molecule has 0 spiro atoms. The lowest BCUT2D eigenvalue weighted by atomic mass is 10.1. The van der Waals surface area contributed by atoms with Crippen molar-refractivity contribution in [3.05, 3.63) is 0 Å². The second-order valence-electron chi connectivity index (χ2n) is 4.05. The zero-order valence-electron chi connectivity index (χ0n) is 9.93. The number of aliphatic hydroxyl groups excluding tert-OH is 3. The molecule has 0 radical (unpaired) electrons. The van der Waals surface area contributed by atoms with Crippen molar-refractivity contribution in [3.8, 4) is 0 Å². The van der Waals surface area contributed by atoms with Gasteiger partial charge in [0.25, 0.3) is 0 Å². The zero-order valence-corrected chi connectivity index (χ0v) is 9.93. The predicted molar refractivity (Wildman–Crippen MR) is 58.5 cm³/mol. The SMILES string of the molecule is CC(O)CCCCCC(O)OC(=O)C(C)O. The monoisotopic (exact) mass is 234 g/mol. The van der Waals surface area contributed by atoms with Crippen molar-refractivity contribution in [2.45, 2.75) is 64.4 Å². The van der Waals surface area contributed by atoms with Crippen LogP contribution in [-0.4, -0.2) is 39.8 Å². The van der Waals surface area contributed by atoms with Gasteiger partial charge in [-0.2, -0.15) is 0 Å². The normalized spacial score (nSPS) is 16.6. The van der Waals surface area contributed by atoms with Crippen LogP contribution in [0.5, 0.6) is 0 Å². The Morgan fingerprint density at radius 1 is 1.06 bits per heavy atom. The van der Waals surface area contributed by atoms with E-state index in [1.54, 1.807) is 6.92 Å². The number of rotatable bonds is 8. The summed E-state index contributed by atoms with van der Waals surface area (Å²) in [6, 6.07) is 0. The number of hydrogen-bond donors (Lipinski definition) is 3. The second kappa shape index (κ2) is 8.50. The number of ether oxygens (including phenoxy) is 1. The molecule has 0 aromatic rings. The quantitative estimate of drug-likeness (QED) is 0.324. The Morgan fingerprint density at radius 3 is 2.12 bits per heavy atom. The van der Waals surface area contributed by atoms with E-state index in [0.717, 1.165) is 25.7 Å². The predicted octanol–water partition coefficient (Wildman–Crippen LogP) is 0.560. The molecule has 0 aliphatic carbocycles. The van der Waals surface area contributed by atoms with Crippen LogP contribution < -0.4 is 0 Å². The highest BCUT2D eigenvalue weighted by molar-refractivity contribution is 5.73. The maximum atomic E-state index is 10.9. The minimum Gasteiger partial charge on any atom is -0.434 e. The molecule has 16 heavy (non-hydrogen) atoms. The fourth-order valence-electron chi connectivity index (χ4n) is 1.23. The first-order chi connectivity index (χ1) is 7.43. The van der Waals surface area contributed by atoms with E-state index in [1.165, 1.54) is 6.92 Å². The zero-order chi connectivity index (χ0) is 12.6. The van der Waals surface area contributed by atoms with Crippen LogP contribution in [-0.2, 0) is 9.53 Å². The molecule has 0 aliphatic heterocycles. The molecule has 96 valence electrons. The van der Waals surface area contributed by atoms with Gasteiger partial charge in [0.05, 0.1) is 6.10 Å². The van der Waals surface area contributed by atoms with Crippen LogP contribution >= 0.6 is 0 Å². The lowest BCUT2D eigenvalue weighted by Gasteiger charge is -2.13. The highest BCUT2D eigenvalue weighted by atomic mass is 16.6. The van der Waals surface area contributed by atoms with Crippen LogP contribution in [0.15, 0.2) is 0 Å². The Balaban J connectivity index is 3.44. The van der Waals surface area contributed by atoms with Crippen LogP contribution in [0.1, 0.15) is 46.0 Å². The molecular formula is C11H22O5. The number of hydrogen-bond acceptors (Lipinski definition) is 5. The van der Waals surface area contributed by atoms with Gasteiger partial charge in [-0.3, -0.25) is 0 Å². The van der Waals surface area contributed by atoms with E-state index in [9.17, 15) is 9.90 Å². The van der Waals surface area contributed by atoms with Gasteiger partial charge in [0.1, 0.15) is 6.10 Å². The maximum Gasteiger partial charge on any atom is 0.336 e. The van der Waals surface area contributed by atoms with Gasteiger partial charge in [0, 0.05) is 6.42 Å². The molecule has 0 saturated carbocycles. The molecule has 0 saturated heterocycles. The molecule has 0 fully saturated rings. The van der Waals surface area contributed by atoms with E-state index in [-0.39, 0.29) is 6.10 Å². The van der Waals surface area contributed by atoms with Gasteiger partial charge < -0.3 is 20.1 Å². The summed E-state index contributed by atoms with van der Waals surface area (Å²) >= 11 is 0. The lowest BCUT2D eigenvalue weighted by Crippen LogP contribution is -2.25. The molecule has 5 nitrogen and oxygen atoms in total. The molecule has 0 aliphatic rings. The van der Waals surface area contributed by atoms with Crippen molar-refractivity contribution in [1.29, 1.82) is 0 Å². The Bertz CT molecular complexity index is 191. The van der Waals surface area contributed by atoms with Crippen LogP contribution in [0.2, 0.25) is 0 Å². The Kier molecular flexibility index (Phi) is 8.15. The molecule has 0 heterocycles. The third-order valence-corrected chi connectivity index (χ3v) is 2.17. The summed E-state index contributed by atoms with van der Waals surface area (Å²) in [6.45, 7) is 3.02. The minimum atomic E-state index is -1.20. The molecule has 5 heteroatoms. The molecule has 0 aromatic carbocycles. The summed E-state index contributed by atoms with van der Waals surface area (Å²) in [7, 11) is 0. The van der Waals surface area contributed by atoms with E-state index in [1.807, 2.05) is 0 Å². The van der Waals surface area contributed by atoms with Crippen LogP contribution in [0.3, 0.4) is 0 Å². The van der Waals surface area contributed by atoms with E-state index in [4.69, 9.17) is 10.2 Å². The molecule has 0 amide bonds. The van der Waals surface area contributed by atoms with E-state index < -0.39 is 18.4 Å².